The number of alkyl halides is 3. The fourth-order valence-electron chi connectivity index (χ4n) is 1.79. The first kappa shape index (κ1) is 16.4. The molecule has 0 aliphatic carbocycles. The zero-order valence-corrected chi connectivity index (χ0v) is 12.6. The van der Waals surface area contributed by atoms with Crippen molar-refractivity contribution in [2.45, 2.75) is 57.7 Å². The van der Waals surface area contributed by atoms with Crippen LogP contribution in [0.4, 0.5) is 13.2 Å². The third kappa shape index (κ3) is 4.76. The highest BCUT2D eigenvalue weighted by Gasteiger charge is 2.32. The van der Waals surface area contributed by atoms with E-state index >= 15 is 0 Å². The third-order valence-corrected chi connectivity index (χ3v) is 4.40. The molecule has 0 saturated carbocycles. The molecule has 0 aliphatic heterocycles. The molecular formula is C13H21F3N2S. The van der Waals surface area contributed by atoms with E-state index in [1.165, 1.54) is 11.3 Å². The Labute approximate surface area is 116 Å². The van der Waals surface area contributed by atoms with Gasteiger partial charge in [0, 0.05) is 11.8 Å². The largest absolute Gasteiger partial charge is 0.389 e. The van der Waals surface area contributed by atoms with E-state index in [0.717, 1.165) is 10.7 Å². The summed E-state index contributed by atoms with van der Waals surface area (Å²) in [6.45, 7) is 6.02. The molecule has 0 aromatic carbocycles. The molecule has 19 heavy (non-hydrogen) atoms. The summed E-state index contributed by atoms with van der Waals surface area (Å²) in [5, 5.41) is 5.96. The van der Waals surface area contributed by atoms with E-state index in [0.29, 0.717) is 12.3 Å². The molecule has 1 unspecified atom stereocenters. The number of nitrogens with zero attached hydrogens (tertiary/aromatic N) is 1. The molecule has 0 amide bonds. The van der Waals surface area contributed by atoms with Crippen LogP contribution in [0, 0.1) is 0 Å². The van der Waals surface area contributed by atoms with Crippen molar-refractivity contribution in [2.24, 2.45) is 0 Å². The molecule has 1 atom stereocenters. The smallest absolute Gasteiger partial charge is 0.309 e. The molecule has 0 radical (unpaired) electrons. The average Bonchev–Trinajstić information content (AvgIpc) is 2.76. The summed E-state index contributed by atoms with van der Waals surface area (Å²) in [5.41, 5.74) is 0.514. The van der Waals surface area contributed by atoms with Crippen LogP contribution < -0.4 is 5.32 Å². The Balaban J connectivity index is 2.73. The van der Waals surface area contributed by atoms with Crippen molar-refractivity contribution in [2.75, 3.05) is 7.05 Å². The van der Waals surface area contributed by atoms with Crippen molar-refractivity contribution in [3.8, 4) is 0 Å². The van der Waals surface area contributed by atoms with E-state index < -0.39 is 18.1 Å². The number of rotatable bonds is 6. The van der Waals surface area contributed by atoms with Gasteiger partial charge in [0.25, 0.3) is 0 Å². The molecule has 1 heterocycles. The molecule has 6 heteroatoms. The lowest BCUT2D eigenvalue weighted by atomic mass is 9.95. The topological polar surface area (TPSA) is 24.9 Å². The van der Waals surface area contributed by atoms with Crippen LogP contribution in [-0.4, -0.2) is 18.2 Å². The molecular weight excluding hydrogens is 273 g/mol. The molecule has 1 aromatic rings. The quantitative estimate of drug-likeness (QED) is 0.839. The summed E-state index contributed by atoms with van der Waals surface area (Å²) >= 11 is 1.51. The molecule has 1 aromatic heterocycles. The minimum atomic E-state index is -4.08. The van der Waals surface area contributed by atoms with Gasteiger partial charge in [-0.1, -0.05) is 13.8 Å². The number of thiazole rings is 1. The van der Waals surface area contributed by atoms with Crippen molar-refractivity contribution in [3.63, 3.8) is 0 Å². The highest BCUT2D eigenvalue weighted by Crippen LogP contribution is 2.33. The molecule has 0 spiro atoms. The van der Waals surface area contributed by atoms with Crippen molar-refractivity contribution in [1.82, 2.24) is 10.3 Å². The maximum Gasteiger partial charge on any atom is 0.389 e. The van der Waals surface area contributed by atoms with E-state index in [1.807, 2.05) is 12.3 Å². The Morgan fingerprint density at radius 3 is 2.37 bits per heavy atom. The predicted molar refractivity (Wildman–Crippen MR) is 72.5 cm³/mol. The zero-order chi connectivity index (χ0) is 14.7. The van der Waals surface area contributed by atoms with Crippen LogP contribution in [-0.2, 0) is 5.54 Å². The van der Waals surface area contributed by atoms with Gasteiger partial charge in [0.05, 0.1) is 11.2 Å². The lowest BCUT2D eigenvalue weighted by Gasteiger charge is -2.27. The average molecular weight is 294 g/mol. The van der Waals surface area contributed by atoms with Crippen molar-refractivity contribution in [1.29, 1.82) is 0 Å². The van der Waals surface area contributed by atoms with Crippen LogP contribution in [0.15, 0.2) is 5.38 Å². The van der Waals surface area contributed by atoms with Gasteiger partial charge >= 0.3 is 6.18 Å². The minimum Gasteiger partial charge on any atom is -0.309 e. The lowest BCUT2D eigenvalue weighted by Crippen LogP contribution is -2.37. The van der Waals surface area contributed by atoms with E-state index in [9.17, 15) is 13.2 Å². The summed E-state index contributed by atoms with van der Waals surface area (Å²) in [4.78, 5) is 4.54. The molecule has 0 aliphatic rings. The Morgan fingerprint density at radius 2 is 1.95 bits per heavy atom. The van der Waals surface area contributed by atoms with Gasteiger partial charge in [-0.2, -0.15) is 13.2 Å². The minimum absolute atomic E-state index is 0.109. The molecule has 0 saturated heterocycles. The van der Waals surface area contributed by atoms with E-state index in [-0.39, 0.29) is 6.42 Å². The number of aromatic nitrogens is 1. The zero-order valence-electron chi connectivity index (χ0n) is 11.8. The fourth-order valence-corrected chi connectivity index (χ4v) is 2.97. The first-order valence-corrected chi connectivity index (χ1v) is 7.27. The Bertz CT molecular complexity index is 401. The van der Waals surface area contributed by atoms with E-state index in [2.05, 4.69) is 24.1 Å². The lowest BCUT2D eigenvalue weighted by molar-refractivity contribution is -0.136. The SMILES string of the molecule is CNC(C)(CCCC(F)(F)F)c1nc(C(C)C)cs1. The van der Waals surface area contributed by atoms with Crippen LogP contribution in [0.2, 0.25) is 0 Å². The molecule has 0 bridgehead atoms. The van der Waals surface area contributed by atoms with Gasteiger partial charge in [-0.05, 0) is 32.7 Å². The first-order chi connectivity index (χ1) is 8.68. The van der Waals surface area contributed by atoms with Gasteiger partial charge in [-0.15, -0.1) is 11.3 Å². The second-order valence-electron chi connectivity index (χ2n) is 5.28. The van der Waals surface area contributed by atoms with Crippen molar-refractivity contribution < 1.29 is 13.2 Å². The Hall–Kier alpha value is -0.620. The highest BCUT2D eigenvalue weighted by atomic mass is 32.1. The predicted octanol–water partition coefficient (Wildman–Crippen LogP) is 4.43. The second kappa shape index (κ2) is 6.22. The van der Waals surface area contributed by atoms with Crippen LogP contribution in [0.1, 0.15) is 56.7 Å². The maximum atomic E-state index is 12.2. The number of halogens is 3. The molecule has 0 fully saturated rings. The highest BCUT2D eigenvalue weighted by molar-refractivity contribution is 7.09. The van der Waals surface area contributed by atoms with Crippen molar-refractivity contribution in [3.05, 3.63) is 16.1 Å². The van der Waals surface area contributed by atoms with Gasteiger partial charge in [-0.25, -0.2) is 4.98 Å². The number of hydrogen-bond acceptors (Lipinski definition) is 3. The van der Waals surface area contributed by atoms with Crippen LogP contribution >= 0.6 is 11.3 Å². The molecule has 110 valence electrons. The van der Waals surface area contributed by atoms with Gasteiger partial charge in [0.2, 0.25) is 0 Å². The van der Waals surface area contributed by atoms with E-state index in [1.54, 1.807) is 7.05 Å². The molecule has 1 rings (SSSR count). The third-order valence-electron chi connectivity index (χ3n) is 3.27. The first-order valence-electron chi connectivity index (χ1n) is 6.39. The summed E-state index contributed by atoms with van der Waals surface area (Å²) in [7, 11) is 1.77. The summed E-state index contributed by atoms with van der Waals surface area (Å²) in [6.07, 6.45) is -4.29. The standard InChI is InChI=1S/C13H21F3N2S/c1-9(2)10-8-19-11(18-10)12(3,17-4)6-5-7-13(14,15)16/h8-9,17H,5-7H2,1-4H3. The maximum absolute atomic E-state index is 12.2. The van der Waals surface area contributed by atoms with E-state index in [4.69, 9.17) is 0 Å². The van der Waals surface area contributed by atoms with Crippen LogP contribution in [0.3, 0.4) is 0 Å². The monoisotopic (exact) mass is 294 g/mol. The Kier molecular flexibility index (Phi) is 5.38. The van der Waals surface area contributed by atoms with Gasteiger partial charge in [0.15, 0.2) is 0 Å². The normalized spacial score (nSPS) is 15.8. The van der Waals surface area contributed by atoms with Crippen LogP contribution in [0.25, 0.3) is 0 Å². The number of hydrogen-bond donors (Lipinski definition) is 1. The summed E-state index contributed by atoms with van der Waals surface area (Å²) in [6, 6.07) is 0. The molecule has 2 nitrogen and oxygen atoms in total. The summed E-state index contributed by atoms with van der Waals surface area (Å²) in [5.74, 6) is 0.335. The fraction of sp³-hybridized carbons (Fsp3) is 0.769. The summed E-state index contributed by atoms with van der Waals surface area (Å²) < 4.78 is 36.6. The van der Waals surface area contributed by atoms with Gasteiger partial charge < -0.3 is 5.32 Å². The van der Waals surface area contributed by atoms with Gasteiger partial charge in [-0.3, -0.25) is 0 Å². The Morgan fingerprint density at radius 1 is 1.32 bits per heavy atom. The second-order valence-corrected chi connectivity index (χ2v) is 6.14. The van der Waals surface area contributed by atoms with Crippen LogP contribution in [0.5, 0.6) is 0 Å². The van der Waals surface area contributed by atoms with Crippen molar-refractivity contribution >= 4 is 11.3 Å². The molecule has 1 N–H and O–H groups in total. The van der Waals surface area contributed by atoms with Gasteiger partial charge in [0.1, 0.15) is 5.01 Å². The number of nitrogens with one attached hydrogen (secondary N) is 1.